The quantitative estimate of drug-likeness (QED) is 0.680. The van der Waals surface area contributed by atoms with E-state index in [4.69, 9.17) is 11.3 Å². The van der Waals surface area contributed by atoms with E-state index >= 15 is 0 Å². The Balaban J connectivity index is 2.22. The van der Waals surface area contributed by atoms with E-state index < -0.39 is 5.60 Å². The van der Waals surface area contributed by atoms with Gasteiger partial charge in [-0.25, -0.2) is 11.5 Å². The molecule has 2 rings (SSSR count). The predicted molar refractivity (Wildman–Crippen MR) is 63.2 cm³/mol. The molecular weight excluding hydrogens is 218 g/mol. The standard InChI is InChI=1S/C12H19N3O2/c1-9(2)15-8-12(7-10(15)13-3)11(16)14-5-4-6-17-12/h9-10H,4-8H2,1-2H3,(H,14,16). The van der Waals surface area contributed by atoms with E-state index in [-0.39, 0.29) is 18.1 Å². The molecule has 1 spiro atoms. The number of hydrogen-bond acceptors (Lipinski definition) is 3. The van der Waals surface area contributed by atoms with Crippen LogP contribution in [-0.4, -0.2) is 48.3 Å². The summed E-state index contributed by atoms with van der Waals surface area (Å²) in [6.45, 7) is 13.1. The predicted octanol–water partition coefficient (Wildman–Crippen LogP) is 0.621. The largest absolute Gasteiger partial charge is 0.363 e. The van der Waals surface area contributed by atoms with Crippen LogP contribution in [0.15, 0.2) is 0 Å². The number of likely N-dealkylation sites (tertiary alicyclic amines) is 1. The molecule has 2 atom stereocenters. The maximum atomic E-state index is 12.1. The summed E-state index contributed by atoms with van der Waals surface area (Å²) >= 11 is 0. The van der Waals surface area contributed by atoms with Crippen molar-refractivity contribution in [3.63, 3.8) is 0 Å². The zero-order valence-corrected chi connectivity index (χ0v) is 10.4. The summed E-state index contributed by atoms with van der Waals surface area (Å²) in [6, 6.07) is 0.258. The van der Waals surface area contributed by atoms with Crippen LogP contribution in [-0.2, 0) is 9.53 Å². The molecule has 0 bridgehead atoms. The molecule has 0 aromatic carbocycles. The van der Waals surface area contributed by atoms with E-state index in [0.29, 0.717) is 26.1 Å². The van der Waals surface area contributed by atoms with Gasteiger partial charge in [0.05, 0.1) is 6.42 Å². The Morgan fingerprint density at radius 1 is 1.65 bits per heavy atom. The number of rotatable bonds is 1. The van der Waals surface area contributed by atoms with Gasteiger partial charge in [-0.05, 0) is 20.3 Å². The van der Waals surface area contributed by atoms with Gasteiger partial charge in [0.15, 0.2) is 5.60 Å². The average Bonchev–Trinajstić information content (AvgIpc) is 2.59. The SMILES string of the molecule is [C-]#[N+]C1CC2(CN1C(C)C)OCCCNC2=O. The third-order valence-corrected chi connectivity index (χ3v) is 3.54. The highest BCUT2D eigenvalue weighted by Crippen LogP contribution is 2.34. The second-order valence-electron chi connectivity index (χ2n) is 5.03. The van der Waals surface area contributed by atoms with Gasteiger partial charge in [-0.1, -0.05) is 0 Å². The van der Waals surface area contributed by atoms with Crippen LogP contribution in [0.5, 0.6) is 0 Å². The third kappa shape index (κ3) is 2.15. The van der Waals surface area contributed by atoms with Gasteiger partial charge in [0.25, 0.3) is 12.1 Å². The van der Waals surface area contributed by atoms with Crippen LogP contribution in [0.1, 0.15) is 26.7 Å². The van der Waals surface area contributed by atoms with Gasteiger partial charge in [-0.2, -0.15) is 0 Å². The molecule has 2 aliphatic rings. The van der Waals surface area contributed by atoms with Crippen LogP contribution < -0.4 is 5.32 Å². The van der Waals surface area contributed by atoms with Crippen molar-refractivity contribution >= 4 is 5.91 Å². The van der Waals surface area contributed by atoms with Gasteiger partial charge in [-0.15, -0.1) is 0 Å². The summed E-state index contributed by atoms with van der Waals surface area (Å²) in [5.74, 6) is -0.0493. The number of amides is 1. The molecule has 0 aromatic rings. The molecule has 5 nitrogen and oxygen atoms in total. The minimum Gasteiger partial charge on any atom is -0.363 e. The van der Waals surface area contributed by atoms with Gasteiger partial charge in [0, 0.05) is 25.7 Å². The molecule has 0 aliphatic carbocycles. The summed E-state index contributed by atoms with van der Waals surface area (Å²) in [5.41, 5.74) is -0.796. The Kier molecular flexibility index (Phi) is 3.36. The number of hydrogen-bond donors (Lipinski definition) is 1. The van der Waals surface area contributed by atoms with Crippen molar-refractivity contribution < 1.29 is 9.53 Å². The first-order valence-electron chi connectivity index (χ1n) is 6.13. The van der Waals surface area contributed by atoms with Crippen LogP contribution in [0.4, 0.5) is 0 Å². The first kappa shape index (κ1) is 12.3. The van der Waals surface area contributed by atoms with Crippen molar-refractivity contribution in [3.05, 3.63) is 11.4 Å². The van der Waals surface area contributed by atoms with Crippen molar-refractivity contribution in [2.75, 3.05) is 19.7 Å². The summed E-state index contributed by atoms with van der Waals surface area (Å²) in [4.78, 5) is 17.8. The summed E-state index contributed by atoms with van der Waals surface area (Å²) in [5, 5.41) is 2.89. The maximum Gasteiger partial charge on any atom is 0.283 e. The molecule has 0 aromatic heterocycles. The number of ether oxygens (including phenoxy) is 1. The smallest absolute Gasteiger partial charge is 0.283 e. The molecule has 94 valence electrons. The van der Waals surface area contributed by atoms with Crippen molar-refractivity contribution in [2.45, 2.75) is 44.5 Å². The van der Waals surface area contributed by atoms with E-state index in [9.17, 15) is 4.79 Å². The normalized spacial score (nSPS) is 34.7. The van der Waals surface area contributed by atoms with Crippen LogP contribution in [0.25, 0.3) is 4.85 Å². The van der Waals surface area contributed by atoms with Crippen LogP contribution in [0, 0.1) is 6.57 Å². The molecule has 2 fully saturated rings. The highest BCUT2D eigenvalue weighted by atomic mass is 16.5. The third-order valence-electron chi connectivity index (χ3n) is 3.54. The van der Waals surface area contributed by atoms with E-state index in [0.717, 1.165) is 6.42 Å². The summed E-state index contributed by atoms with van der Waals surface area (Å²) in [7, 11) is 0. The fraction of sp³-hybridized carbons (Fsp3) is 0.833. The molecule has 2 heterocycles. The first-order chi connectivity index (χ1) is 8.09. The van der Waals surface area contributed by atoms with Crippen molar-refractivity contribution in [1.29, 1.82) is 0 Å². The molecule has 2 unspecified atom stereocenters. The monoisotopic (exact) mass is 237 g/mol. The van der Waals surface area contributed by atoms with Gasteiger partial charge in [0.1, 0.15) is 0 Å². The fourth-order valence-electron chi connectivity index (χ4n) is 2.56. The lowest BCUT2D eigenvalue weighted by Crippen LogP contribution is -2.49. The lowest BCUT2D eigenvalue weighted by atomic mass is 10.0. The van der Waals surface area contributed by atoms with Crippen molar-refractivity contribution in [3.8, 4) is 0 Å². The number of carbonyl (C=O) groups is 1. The topological polar surface area (TPSA) is 45.9 Å². The lowest BCUT2D eigenvalue weighted by molar-refractivity contribution is -0.143. The Morgan fingerprint density at radius 3 is 3.00 bits per heavy atom. The molecule has 1 N–H and O–H groups in total. The van der Waals surface area contributed by atoms with Crippen LogP contribution in [0.2, 0.25) is 0 Å². The second kappa shape index (κ2) is 4.63. The first-order valence-corrected chi connectivity index (χ1v) is 6.13. The minimum absolute atomic E-state index is 0.0493. The number of carbonyl (C=O) groups excluding carboxylic acids is 1. The summed E-state index contributed by atoms with van der Waals surface area (Å²) < 4.78 is 5.78. The highest BCUT2D eigenvalue weighted by molar-refractivity contribution is 5.86. The Bertz CT molecular complexity index is 350. The Hall–Kier alpha value is -1.12. The molecule has 0 radical (unpaired) electrons. The number of nitrogens with zero attached hydrogens (tertiary/aromatic N) is 2. The molecule has 5 heteroatoms. The molecule has 2 aliphatic heterocycles. The molecule has 0 saturated carbocycles. The molecule has 2 saturated heterocycles. The van der Waals surface area contributed by atoms with E-state index in [1.54, 1.807) is 0 Å². The fourth-order valence-corrected chi connectivity index (χ4v) is 2.56. The Labute approximate surface area is 102 Å². The van der Waals surface area contributed by atoms with Crippen molar-refractivity contribution in [1.82, 2.24) is 10.2 Å². The average molecular weight is 237 g/mol. The minimum atomic E-state index is -0.796. The summed E-state index contributed by atoms with van der Waals surface area (Å²) in [6.07, 6.45) is 1.09. The zero-order chi connectivity index (χ0) is 12.5. The highest BCUT2D eigenvalue weighted by Gasteiger charge is 2.54. The Morgan fingerprint density at radius 2 is 2.41 bits per heavy atom. The zero-order valence-electron chi connectivity index (χ0n) is 10.4. The van der Waals surface area contributed by atoms with Gasteiger partial charge in [0.2, 0.25) is 0 Å². The van der Waals surface area contributed by atoms with E-state index in [2.05, 4.69) is 15.1 Å². The lowest BCUT2D eigenvalue weighted by Gasteiger charge is -2.26. The maximum absolute atomic E-state index is 12.1. The van der Waals surface area contributed by atoms with Crippen LogP contribution >= 0.6 is 0 Å². The van der Waals surface area contributed by atoms with Gasteiger partial charge < -0.3 is 10.1 Å². The van der Waals surface area contributed by atoms with Gasteiger partial charge >= 0.3 is 0 Å². The van der Waals surface area contributed by atoms with Crippen LogP contribution in [0.3, 0.4) is 0 Å². The van der Waals surface area contributed by atoms with Gasteiger partial charge in [-0.3, -0.25) is 9.64 Å². The molecular formula is C12H19N3O2. The molecule has 1 amide bonds. The second-order valence-corrected chi connectivity index (χ2v) is 5.03. The molecule has 17 heavy (non-hydrogen) atoms. The van der Waals surface area contributed by atoms with Crippen molar-refractivity contribution in [2.24, 2.45) is 0 Å². The number of nitrogens with one attached hydrogen (secondary N) is 1. The van der Waals surface area contributed by atoms with E-state index in [1.807, 2.05) is 13.8 Å². The van der Waals surface area contributed by atoms with E-state index in [1.165, 1.54) is 0 Å².